The zero-order valence-corrected chi connectivity index (χ0v) is 11.9. The molecule has 0 aliphatic carbocycles. The third-order valence-corrected chi connectivity index (χ3v) is 4.02. The van der Waals surface area contributed by atoms with Gasteiger partial charge in [0.1, 0.15) is 0 Å². The lowest BCUT2D eigenvalue weighted by atomic mass is 10.00. The second-order valence-corrected chi connectivity index (χ2v) is 5.13. The maximum absolute atomic E-state index is 12.4. The Morgan fingerprint density at radius 1 is 1.11 bits per heavy atom. The first-order chi connectivity index (χ1) is 8.50. The number of ketones is 1. The number of rotatable bonds is 2. The number of anilines is 1. The summed E-state index contributed by atoms with van der Waals surface area (Å²) >= 11 is 3.47. The summed E-state index contributed by atoms with van der Waals surface area (Å²) in [5.41, 5.74) is 9.77. The van der Waals surface area contributed by atoms with Gasteiger partial charge in [0.25, 0.3) is 0 Å². The number of carbonyl (C=O) groups excluding carboxylic acids is 1. The van der Waals surface area contributed by atoms with Gasteiger partial charge in [-0.05, 0) is 65.2 Å². The summed E-state index contributed by atoms with van der Waals surface area (Å²) < 4.78 is 0.851. The molecule has 2 nitrogen and oxygen atoms in total. The quantitative estimate of drug-likeness (QED) is 0.676. The van der Waals surface area contributed by atoms with Gasteiger partial charge in [0.05, 0.1) is 0 Å². The molecule has 0 aliphatic rings. The third-order valence-electron chi connectivity index (χ3n) is 2.97. The van der Waals surface area contributed by atoms with Crippen molar-refractivity contribution >= 4 is 27.4 Å². The highest BCUT2D eigenvalue weighted by molar-refractivity contribution is 9.10. The third kappa shape index (κ3) is 2.31. The minimum Gasteiger partial charge on any atom is -0.399 e. The fraction of sp³-hybridized carbons (Fsp3) is 0.133. The van der Waals surface area contributed by atoms with E-state index in [1.165, 1.54) is 0 Å². The summed E-state index contributed by atoms with van der Waals surface area (Å²) in [6.07, 6.45) is 0. The Balaban J connectivity index is 2.48. The van der Waals surface area contributed by atoms with Crippen LogP contribution in [0, 0.1) is 13.8 Å². The number of hydrogen-bond acceptors (Lipinski definition) is 2. The lowest BCUT2D eigenvalue weighted by molar-refractivity contribution is 0.103. The van der Waals surface area contributed by atoms with Crippen LogP contribution < -0.4 is 5.73 Å². The second-order valence-electron chi connectivity index (χ2n) is 4.34. The summed E-state index contributed by atoms with van der Waals surface area (Å²) in [5.74, 6) is 0.00803. The Morgan fingerprint density at radius 3 is 2.50 bits per heavy atom. The van der Waals surface area contributed by atoms with E-state index >= 15 is 0 Å². The standard InChI is InChI=1S/C15H14BrNO/c1-9-4-3-5-12(14(9)16)15(18)11-6-7-13(17)10(2)8-11/h3-8H,17H2,1-2H3. The van der Waals surface area contributed by atoms with Crippen molar-refractivity contribution in [1.82, 2.24) is 0 Å². The van der Waals surface area contributed by atoms with Crippen molar-refractivity contribution in [1.29, 1.82) is 0 Å². The van der Waals surface area contributed by atoms with Crippen LogP contribution in [-0.2, 0) is 0 Å². The van der Waals surface area contributed by atoms with Crippen LogP contribution in [0.1, 0.15) is 27.0 Å². The van der Waals surface area contributed by atoms with Gasteiger partial charge in [0.2, 0.25) is 0 Å². The van der Waals surface area contributed by atoms with Crippen molar-refractivity contribution in [3.05, 3.63) is 63.1 Å². The first-order valence-electron chi connectivity index (χ1n) is 5.66. The summed E-state index contributed by atoms with van der Waals surface area (Å²) in [4.78, 5) is 12.4. The van der Waals surface area contributed by atoms with Gasteiger partial charge in [-0.2, -0.15) is 0 Å². The van der Waals surface area contributed by atoms with Crippen LogP contribution in [0.2, 0.25) is 0 Å². The molecule has 2 rings (SSSR count). The molecule has 2 aromatic rings. The number of halogens is 1. The molecule has 0 bridgehead atoms. The monoisotopic (exact) mass is 303 g/mol. The average molecular weight is 304 g/mol. The predicted molar refractivity (Wildman–Crippen MR) is 77.9 cm³/mol. The fourth-order valence-electron chi connectivity index (χ4n) is 1.80. The van der Waals surface area contributed by atoms with Gasteiger partial charge in [0.15, 0.2) is 5.78 Å². The van der Waals surface area contributed by atoms with E-state index in [2.05, 4.69) is 15.9 Å². The van der Waals surface area contributed by atoms with Crippen LogP contribution in [-0.4, -0.2) is 5.78 Å². The molecule has 0 unspecified atom stereocenters. The number of hydrogen-bond donors (Lipinski definition) is 1. The van der Waals surface area contributed by atoms with Gasteiger partial charge in [-0.3, -0.25) is 4.79 Å². The topological polar surface area (TPSA) is 43.1 Å². The molecule has 2 aromatic carbocycles. The van der Waals surface area contributed by atoms with E-state index in [1.807, 2.05) is 38.1 Å². The van der Waals surface area contributed by atoms with E-state index in [-0.39, 0.29) is 5.78 Å². The summed E-state index contributed by atoms with van der Waals surface area (Å²) in [7, 11) is 0. The maximum Gasteiger partial charge on any atom is 0.194 e. The van der Waals surface area contributed by atoms with E-state index in [0.29, 0.717) is 16.8 Å². The van der Waals surface area contributed by atoms with Crippen LogP contribution in [0.3, 0.4) is 0 Å². The molecule has 0 saturated heterocycles. The first kappa shape index (κ1) is 12.8. The number of aryl methyl sites for hydroxylation is 2. The second kappa shape index (κ2) is 4.94. The number of nitrogens with two attached hydrogens (primary N) is 1. The largest absolute Gasteiger partial charge is 0.399 e. The summed E-state index contributed by atoms with van der Waals surface area (Å²) in [6, 6.07) is 11.0. The lowest BCUT2D eigenvalue weighted by Gasteiger charge is -2.08. The first-order valence-corrected chi connectivity index (χ1v) is 6.46. The molecule has 0 aliphatic heterocycles. The smallest absolute Gasteiger partial charge is 0.194 e. The molecule has 0 aromatic heterocycles. The van der Waals surface area contributed by atoms with Crippen molar-refractivity contribution in [3.8, 4) is 0 Å². The van der Waals surface area contributed by atoms with Crippen molar-refractivity contribution in [2.24, 2.45) is 0 Å². The van der Waals surface area contributed by atoms with Gasteiger partial charge in [-0.15, -0.1) is 0 Å². The molecule has 0 heterocycles. The average Bonchev–Trinajstić information content (AvgIpc) is 2.35. The highest BCUT2D eigenvalue weighted by Crippen LogP contribution is 2.24. The van der Waals surface area contributed by atoms with Crippen molar-refractivity contribution in [2.75, 3.05) is 5.73 Å². The van der Waals surface area contributed by atoms with Crippen LogP contribution in [0.4, 0.5) is 5.69 Å². The zero-order chi connectivity index (χ0) is 13.3. The molecule has 3 heteroatoms. The maximum atomic E-state index is 12.4. The minimum atomic E-state index is 0.00803. The molecule has 18 heavy (non-hydrogen) atoms. The van der Waals surface area contributed by atoms with E-state index in [1.54, 1.807) is 12.1 Å². The predicted octanol–water partition coefficient (Wildman–Crippen LogP) is 3.88. The Bertz CT molecular complexity index is 620. The van der Waals surface area contributed by atoms with Gasteiger partial charge < -0.3 is 5.73 Å². The van der Waals surface area contributed by atoms with Gasteiger partial charge >= 0.3 is 0 Å². The summed E-state index contributed by atoms with van der Waals surface area (Å²) in [6.45, 7) is 3.87. The van der Waals surface area contributed by atoms with Crippen LogP contribution >= 0.6 is 15.9 Å². The van der Waals surface area contributed by atoms with Crippen molar-refractivity contribution < 1.29 is 4.79 Å². The molecule has 0 atom stereocenters. The van der Waals surface area contributed by atoms with E-state index < -0.39 is 0 Å². The summed E-state index contributed by atoms with van der Waals surface area (Å²) in [5, 5.41) is 0. The Morgan fingerprint density at radius 2 is 1.83 bits per heavy atom. The van der Waals surface area contributed by atoms with Gasteiger partial charge in [0, 0.05) is 21.3 Å². The highest BCUT2D eigenvalue weighted by atomic mass is 79.9. The van der Waals surface area contributed by atoms with Crippen LogP contribution in [0.25, 0.3) is 0 Å². The molecule has 0 radical (unpaired) electrons. The Labute approximate surface area is 115 Å². The van der Waals surface area contributed by atoms with Crippen molar-refractivity contribution in [2.45, 2.75) is 13.8 Å². The van der Waals surface area contributed by atoms with Crippen molar-refractivity contribution in [3.63, 3.8) is 0 Å². The Hall–Kier alpha value is -1.61. The molecule has 2 N–H and O–H groups in total. The Kier molecular flexibility index (Phi) is 3.53. The van der Waals surface area contributed by atoms with Gasteiger partial charge in [-0.25, -0.2) is 0 Å². The van der Waals surface area contributed by atoms with E-state index in [9.17, 15) is 4.79 Å². The fourth-order valence-corrected chi connectivity index (χ4v) is 2.24. The number of carbonyl (C=O) groups is 1. The van der Waals surface area contributed by atoms with Crippen LogP contribution in [0.15, 0.2) is 40.9 Å². The molecule has 92 valence electrons. The number of benzene rings is 2. The van der Waals surface area contributed by atoms with Gasteiger partial charge in [-0.1, -0.05) is 12.1 Å². The van der Waals surface area contributed by atoms with E-state index in [0.717, 1.165) is 15.6 Å². The molecule has 0 spiro atoms. The molecule has 0 saturated carbocycles. The SMILES string of the molecule is Cc1cc(C(=O)c2cccc(C)c2Br)ccc1N. The lowest BCUT2D eigenvalue weighted by Crippen LogP contribution is -2.04. The molecular weight excluding hydrogens is 290 g/mol. The van der Waals surface area contributed by atoms with E-state index in [4.69, 9.17) is 5.73 Å². The molecule has 0 fully saturated rings. The normalized spacial score (nSPS) is 10.4. The highest BCUT2D eigenvalue weighted by Gasteiger charge is 2.14. The van der Waals surface area contributed by atoms with Crippen LogP contribution in [0.5, 0.6) is 0 Å². The zero-order valence-electron chi connectivity index (χ0n) is 10.3. The minimum absolute atomic E-state index is 0.00803. The molecular formula is C15H14BrNO. The number of nitrogen functional groups attached to an aromatic ring is 1. The molecule has 0 amide bonds.